The first-order valence-electron chi connectivity index (χ1n) is 39.5. The molecule has 674 valence electrons. The number of rotatable bonds is 16. The van der Waals surface area contributed by atoms with Crippen LogP contribution in [0.25, 0.3) is 47.2 Å². The average molecular weight is 1940 g/mol. The second kappa shape index (κ2) is 45.6. The molecule has 0 bridgehead atoms. The van der Waals surface area contributed by atoms with Gasteiger partial charge < -0.3 is 84.6 Å². The van der Waals surface area contributed by atoms with Crippen LogP contribution < -0.4 is 66.5 Å². The Balaban J connectivity index is 0.000000174. The zero-order chi connectivity index (χ0) is 87.0. The monoisotopic (exact) mass is 1930 g/mol. The molecule has 9 aromatic heterocycles. The zero-order valence-corrected chi connectivity index (χ0v) is 79.1. The molecule has 6 fully saturated rings. The van der Waals surface area contributed by atoms with E-state index in [-0.39, 0.29) is 123 Å². The van der Waals surface area contributed by atoms with E-state index >= 15 is 0 Å². The first-order valence-corrected chi connectivity index (χ1v) is 44.2. The molecule has 12 aromatic rings. The zero-order valence-electron chi connectivity index (χ0n) is 70.5. The molecule has 2 amide bonds. The van der Waals surface area contributed by atoms with Crippen LogP contribution in [-0.4, -0.2) is 175 Å². The fourth-order valence-electron chi connectivity index (χ4n) is 15.8. The van der Waals surface area contributed by atoms with Gasteiger partial charge in [0.15, 0.2) is 11.3 Å². The van der Waals surface area contributed by atoms with E-state index in [1.54, 1.807) is 35.9 Å². The standard InChI is InChI=1S/C27H32N6O3S2.C22H24N6OS2.C20H28N5O3.C7H4BrNS.2CH4.H3N17.Na.H2S/c1-17-22(31-25(34)36-26(2,3)4)27(16-35-17)8-11-32(12-9-27)24-29-15-20(23-28-10-13-33(23)24)37-19-7-5-6-18-14-30-38-21(18)19;1-14-19(23)22(13-29-14)5-8-27(9-6-22)21-25-12-17(20-24-7-10-28(20)21)30-16-4-2-3-15-11-26-31-18(15)16;1-14-16(23-18(26)28-19(2,3)4)20(13-27-14)6-10-24(11-7-20)17-22-8-5-15-21-9-12-25(15)17;8-6-3-1-2-5-4-9-10-7(5)6;;;1-3-5-7-9-11-13-15-17-16-14-12-10-8-6-4-2;;/h5-7,10,13-15,17,22H,8-9,11-12,16H2,1-4H3,(H,31,34);2-4,7,10-12,14,19H,5-6,8-9,13,23H2,1H3;8-9,12,14,16H,6-7,10-11,13H2,1-4H3,(H,23,26);1-4H;2*1H4;(H3,1,2,5,6,9,10,13,14,17);;1H2/q;;-1;;;;;+1;/p-1/t17-,22+;14-,19+;14-,16+;;;;;;/m000....../s1. The van der Waals surface area contributed by atoms with Crippen molar-refractivity contribution in [3.63, 3.8) is 0 Å². The van der Waals surface area contributed by atoms with Gasteiger partial charge in [-0.1, -0.05) is 80.0 Å². The molecule has 0 radical (unpaired) electrons. The summed E-state index contributed by atoms with van der Waals surface area (Å²) >= 11 is 11.4. The number of halogens is 1. The van der Waals surface area contributed by atoms with Gasteiger partial charge in [0.25, 0.3) is 0 Å². The van der Waals surface area contributed by atoms with Gasteiger partial charge in [-0.15, -0.1) is 6.20 Å². The van der Waals surface area contributed by atoms with Crippen LogP contribution in [0.1, 0.15) is 116 Å². The number of nitrogens with zero attached hydrogens (tertiary/aromatic N) is 30. The van der Waals surface area contributed by atoms with Gasteiger partial charge in [0.2, 0.25) is 17.8 Å². The number of thiol groups is 1. The van der Waals surface area contributed by atoms with Gasteiger partial charge in [0, 0.05) is 160 Å². The Labute approximate surface area is 795 Å². The second-order valence-corrected chi connectivity index (χ2v) is 37.3. The van der Waals surface area contributed by atoms with Crippen molar-refractivity contribution in [1.29, 1.82) is 5.53 Å². The average Bonchev–Trinajstić information content (AvgIpc) is 1.60. The third-order valence-corrected chi connectivity index (χ3v) is 27.7. The van der Waals surface area contributed by atoms with Crippen molar-refractivity contribution in [2.75, 3.05) is 73.8 Å². The maximum Gasteiger partial charge on any atom is 1.00 e. The fourth-order valence-corrected chi connectivity index (χ4v) is 20.8. The van der Waals surface area contributed by atoms with E-state index in [9.17, 15) is 9.59 Å². The van der Waals surface area contributed by atoms with Gasteiger partial charge in [-0.25, -0.2) is 29.5 Å². The summed E-state index contributed by atoms with van der Waals surface area (Å²) in [4.78, 5) is 64.2. The number of nitrogens with two attached hydrogens (primary N) is 2. The number of hydrogen-bond donors (Lipinski definition) is 5. The largest absolute Gasteiger partial charge is 1.00 e. The van der Waals surface area contributed by atoms with Crippen LogP contribution in [-0.2, 0) is 37.2 Å². The maximum absolute atomic E-state index is 12.6. The number of fused-ring (bicyclic) bond motifs is 6. The summed E-state index contributed by atoms with van der Waals surface area (Å²) in [5.41, 5.74) is 14.1. The number of benzene rings is 3. The Bertz CT molecular complexity index is 5890. The predicted octanol–water partition coefficient (Wildman–Crippen LogP) is 15.2. The van der Waals surface area contributed by atoms with Gasteiger partial charge in [0.05, 0.1) is 74.1 Å². The van der Waals surface area contributed by atoms with Crippen molar-refractivity contribution in [2.24, 2.45) is 106 Å². The molecule has 42 nitrogen and oxygen atoms in total. The molecular formula is C78H100BrN35NaO7S6-. The van der Waals surface area contributed by atoms with Crippen LogP contribution in [0.4, 0.5) is 27.4 Å². The SMILES string of the molecule is Brc1cccc2cnsc12.C.C.C[C@@H]1OCC2(CCN(c3nc[c-]c4nccn34)CC2)[C@@H]1NC(=O)OC(C)(C)C.C[C@@H]1OCC2(CCN(c3ncc(Sc4cccc5cnsc45)c4nccn34)CC2)[C@@H]1N.C[C@@H]1OCC2(CCN(c3ncc(Sc4cccc5cnsc45)c4nccn34)CC2)[C@@H]1NC(=O)OC(C)(C)C.N=N/N=N/N=N/N=N/N=N/N=N/N=N/N=N/N.[Na+].[SH-]. The number of nitrogens with one attached hydrogen (secondary N) is 3. The summed E-state index contributed by atoms with van der Waals surface area (Å²) in [6, 6.07) is 21.7. The molecule has 3 aromatic carbocycles. The molecule has 0 saturated carbocycles. The molecule has 0 aliphatic carbocycles. The molecule has 3 spiro atoms. The topological polar surface area (TPSA) is 505 Å². The minimum atomic E-state index is -0.539. The molecule has 15 heterocycles. The minimum Gasteiger partial charge on any atom is -0.813 e. The summed E-state index contributed by atoms with van der Waals surface area (Å²) < 4.78 is 52.6. The summed E-state index contributed by atoms with van der Waals surface area (Å²) in [6.45, 7) is 24.6. The third kappa shape index (κ3) is 24.2. The predicted molar refractivity (Wildman–Crippen MR) is 490 cm³/mol. The van der Waals surface area contributed by atoms with E-state index in [0.717, 1.165) is 144 Å². The van der Waals surface area contributed by atoms with E-state index in [1.807, 2.05) is 134 Å². The van der Waals surface area contributed by atoms with Gasteiger partial charge in [-0.2, -0.15) is 18.7 Å². The molecule has 6 aliphatic heterocycles. The molecule has 6 saturated heterocycles. The normalized spacial score (nSPS) is 20.1. The van der Waals surface area contributed by atoms with Crippen molar-refractivity contribution >= 4 is 165 Å². The molecule has 50 heteroatoms. The smallest absolute Gasteiger partial charge is 0.813 e. The van der Waals surface area contributed by atoms with Crippen molar-refractivity contribution < 1.29 is 62.8 Å². The first-order chi connectivity index (χ1) is 59.9. The van der Waals surface area contributed by atoms with E-state index in [1.165, 1.54) is 64.4 Å². The van der Waals surface area contributed by atoms with Crippen LogP contribution in [0.5, 0.6) is 0 Å². The molecule has 0 unspecified atom stereocenters. The summed E-state index contributed by atoms with van der Waals surface area (Å²) in [7, 11) is 0. The summed E-state index contributed by atoms with van der Waals surface area (Å²) in [6.07, 6.45) is 27.5. The van der Waals surface area contributed by atoms with E-state index < -0.39 is 11.2 Å². The molecule has 7 N–H and O–H groups in total. The Kier molecular flexibility index (Phi) is 35.7. The number of ether oxygens (including phenoxy) is 5. The van der Waals surface area contributed by atoms with E-state index in [4.69, 9.17) is 44.9 Å². The van der Waals surface area contributed by atoms with Crippen molar-refractivity contribution in [3.05, 3.63) is 139 Å². The number of carbonyl (C=O) groups excluding carboxylic acids is 2. The fraction of sp³-hybridized carbons (Fsp3) is 0.474. The van der Waals surface area contributed by atoms with E-state index in [0.29, 0.717) is 13.2 Å². The van der Waals surface area contributed by atoms with Crippen LogP contribution in [0.15, 0.2) is 231 Å². The number of amides is 2. The minimum absolute atomic E-state index is 0. The number of alkyl carbamates (subject to hydrolysis) is 2. The van der Waals surface area contributed by atoms with Gasteiger partial charge in [-0.3, -0.25) is 18.8 Å². The number of aromatic nitrogens is 12. The van der Waals surface area contributed by atoms with Crippen LogP contribution in [0, 0.1) is 27.8 Å². The van der Waals surface area contributed by atoms with Gasteiger partial charge in [0.1, 0.15) is 11.2 Å². The number of piperidine rings is 3. The number of hydrogen-bond acceptors (Lipinski definition) is 28. The Hall–Kier alpha value is -9.90. The number of imidazole rings is 3. The summed E-state index contributed by atoms with van der Waals surface area (Å²) in [5.74, 6) is 7.29. The maximum atomic E-state index is 12.6. The second-order valence-electron chi connectivity index (χ2n) is 31.8. The Morgan fingerprint density at radius 2 is 0.891 bits per heavy atom. The molecule has 6 atom stereocenters. The summed E-state index contributed by atoms with van der Waals surface area (Å²) in [5, 5.41) is 53.0. The Morgan fingerprint density at radius 3 is 1.30 bits per heavy atom. The Morgan fingerprint density at radius 1 is 0.516 bits per heavy atom. The van der Waals surface area contributed by atoms with Crippen molar-refractivity contribution in [2.45, 2.75) is 183 Å². The van der Waals surface area contributed by atoms with Crippen molar-refractivity contribution in [3.8, 4) is 0 Å². The van der Waals surface area contributed by atoms with Gasteiger partial charge in [-0.05, 0) is 248 Å². The molecular weight excluding hydrogens is 1830 g/mol. The van der Waals surface area contributed by atoms with Crippen LogP contribution >= 0.6 is 74.1 Å². The molecule has 6 aliphatic rings. The van der Waals surface area contributed by atoms with Crippen LogP contribution in [0.2, 0.25) is 0 Å². The first kappa shape index (κ1) is 100. The number of anilines is 3. The molecule has 18 rings (SSSR count). The quantitative estimate of drug-likeness (QED) is 0.0114. The van der Waals surface area contributed by atoms with E-state index in [2.05, 4.69) is 223 Å². The number of carbonyl (C=O) groups is 2. The van der Waals surface area contributed by atoms with Crippen molar-refractivity contribution in [1.82, 2.24) is 66.9 Å². The van der Waals surface area contributed by atoms with Gasteiger partial charge >= 0.3 is 41.7 Å². The third-order valence-electron chi connectivity index (χ3n) is 21.9. The van der Waals surface area contributed by atoms with Crippen LogP contribution in [0.3, 0.4) is 0 Å². The molecule has 128 heavy (non-hydrogen) atoms.